The second-order valence-electron chi connectivity index (χ2n) is 3.01. The van der Waals surface area contributed by atoms with Crippen molar-refractivity contribution < 1.29 is 0 Å². The van der Waals surface area contributed by atoms with Crippen molar-refractivity contribution in [3.05, 3.63) is 0 Å². The van der Waals surface area contributed by atoms with Crippen LogP contribution in [0, 0.1) is 5.92 Å². The fourth-order valence-corrected chi connectivity index (χ4v) is 1.49. The molecule has 60 valence electrons. The fourth-order valence-electron chi connectivity index (χ4n) is 1.49. The maximum atomic E-state index is 5.55. The van der Waals surface area contributed by atoms with Crippen molar-refractivity contribution in [3.8, 4) is 0 Å². The van der Waals surface area contributed by atoms with Crippen LogP contribution in [0.15, 0.2) is 0 Å². The van der Waals surface area contributed by atoms with Gasteiger partial charge in [0.2, 0.25) is 0 Å². The molecule has 0 spiro atoms. The Morgan fingerprint density at radius 3 is 2.70 bits per heavy atom. The Hall–Kier alpha value is -0.120. The highest BCUT2D eigenvalue weighted by molar-refractivity contribution is 4.78. The molecule has 0 aromatic heterocycles. The minimum absolute atomic E-state index is 0.516. The predicted octanol–water partition coefficient (Wildman–Crippen LogP) is -0.728. The predicted molar refractivity (Wildman–Crippen MR) is 42.6 cm³/mol. The summed E-state index contributed by atoms with van der Waals surface area (Å²) < 4.78 is 0. The standard InChI is InChI=1S/C7H17N3/c8-4-6-1-2-10-7(3-6)5-9/h6-7,10H,1-5,8-9H2. The topological polar surface area (TPSA) is 64.1 Å². The van der Waals surface area contributed by atoms with E-state index in [1.807, 2.05) is 0 Å². The summed E-state index contributed by atoms with van der Waals surface area (Å²) in [5, 5.41) is 3.35. The van der Waals surface area contributed by atoms with Crippen molar-refractivity contribution in [2.45, 2.75) is 18.9 Å². The zero-order valence-electron chi connectivity index (χ0n) is 6.34. The van der Waals surface area contributed by atoms with Gasteiger partial charge in [0.25, 0.3) is 0 Å². The zero-order valence-corrected chi connectivity index (χ0v) is 6.34. The van der Waals surface area contributed by atoms with Gasteiger partial charge < -0.3 is 16.8 Å². The van der Waals surface area contributed by atoms with E-state index < -0.39 is 0 Å². The molecule has 1 aliphatic rings. The second kappa shape index (κ2) is 3.91. The molecule has 0 saturated carbocycles. The maximum Gasteiger partial charge on any atom is 0.0193 e. The lowest BCUT2D eigenvalue weighted by Gasteiger charge is -2.28. The second-order valence-corrected chi connectivity index (χ2v) is 3.01. The lowest BCUT2D eigenvalue weighted by atomic mass is 9.93. The fraction of sp³-hybridized carbons (Fsp3) is 1.00. The van der Waals surface area contributed by atoms with Crippen molar-refractivity contribution >= 4 is 0 Å². The molecule has 0 aromatic carbocycles. The van der Waals surface area contributed by atoms with Gasteiger partial charge in [0.05, 0.1) is 0 Å². The number of piperidine rings is 1. The highest BCUT2D eigenvalue weighted by Crippen LogP contribution is 2.13. The Bertz CT molecular complexity index is 84.9. The Morgan fingerprint density at radius 1 is 1.30 bits per heavy atom. The van der Waals surface area contributed by atoms with Gasteiger partial charge in [0.1, 0.15) is 0 Å². The monoisotopic (exact) mass is 143 g/mol. The summed E-state index contributed by atoms with van der Waals surface area (Å²) in [6.45, 7) is 2.65. The number of nitrogens with two attached hydrogens (primary N) is 2. The Morgan fingerprint density at radius 2 is 2.10 bits per heavy atom. The molecule has 1 saturated heterocycles. The van der Waals surface area contributed by atoms with E-state index in [1.54, 1.807) is 0 Å². The van der Waals surface area contributed by atoms with E-state index in [2.05, 4.69) is 5.32 Å². The summed E-state index contributed by atoms with van der Waals surface area (Å²) in [7, 11) is 0. The minimum atomic E-state index is 0.516. The van der Waals surface area contributed by atoms with Crippen LogP contribution in [-0.4, -0.2) is 25.7 Å². The van der Waals surface area contributed by atoms with Crippen LogP contribution in [0.4, 0.5) is 0 Å². The molecule has 3 heteroatoms. The van der Waals surface area contributed by atoms with E-state index in [0.29, 0.717) is 12.0 Å². The van der Waals surface area contributed by atoms with E-state index >= 15 is 0 Å². The molecule has 1 rings (SSSR count). The van der Waals surface area contributed by atoms with Gasteiger partial charge in [0, 0.05) is 12.6 Å². The number of nitrogens with one attached hydrogen (secondary N) is 1. The third kappa shape index (κ3) is 1.94. The summed E-state index contributed by atoms with van der Waals surface area (Å²) in [6, 6.07) is 0.516. The molecule has 0 radical (unpaired) electrons. The summed E-state index contributed by atoms with van der Waals surface area (Å²) in [5.74, 6) is 0.704. The average molecular weight is 143 g/mol. The molecular formula is C7H17N3. The largest absolute Gasteiger partial charge is 0.330 e. The van der Waals surface area contributed by atoms with Crippen molar-refractivity contribution in [2.75, 3.05) is 19.6 Å². The molecule has 0 aliphatic carbocycles. The highest BCUT2D eigenvalue weighted by Gasteiger charge is 2.18. The molecule has 5 N–H and O–H groups in total. The number of hydrogen-bond donors (Lipinski definition) is 3. The van der Waals surface area contributed by atoms with E-state index in [9.17, 15) is 0 Å². The minimum Gasteiger partial charge on any atom is -0.330 e. The van der Waals surface area contributed by atoms with E-state index in [1.165, 1.54) is 6.42 Å². The van der Waals surface area contributed by atoms with Crippen molar-refractivity contribution in [2.24, 2.45) is 17.4 Å². The number of rotatable bonds is 2. The maximum absolute atomic E-state index is 5.55. The van der Waals surface area contributed by atoms with Gasteiger partial charge in [-0.25, -0.2) is 0 Å². The molecule has 0 amide bonds. The van der Waals surface area contributed by atoms with Gasteiger partial charge in [0.15, 0.2) is 0 Å². The van der Waals surface area contributed by atoms with Crippen molar-refractivity contribution in [3.63, 3.8) is 0 Å². The van der Waals surface area contributed by atoms with Crippen molar-refractivity contribution in [1.29, 1.82) is 0 Å². The first-order valence-corrected chi connectivity index (χ1v) is 4.00. The van der Waals surface area contributed by atoms with Gasteiger partial charge in [-0.2, -0.15) is 0 Å². The first-order chi connectivity index (χ1) is 4.86. The Kier molecular flexibility index (Phi) is 3.12. The van der Waals surface area contributed by atoms with Crippen molar-refractivity contribution in [1.82, 2.24) is 5.32 Å². The molecule has 1 fully saturated rings. The first-order valence-electron chi connectivity index (χ1n) is 4.00. The van der Waals surface area contributed by atoms with Gasteiger partial charge in [-0.15, -0.1) is 0 Å². The summed E-state index contributed by atoms with van der Waals surface area (Å²) in [4.78, 5) is 0. The average Bonchev–Trinajstić information content (AvgIpc) is 2.05. The SMILES string of the molecule is NCC1CCNC(CN)C1. The van der Waals surface area contributed by atoms with E-state index in [-0.39, 0.29) is 0 Å². The van der Waals surface area contributed by atoms with E-state index in [4.69, 9.17) is 11.5 Å². The summed E-state index contributed by atoms with van der Waals surface area (Å²) in [6.07, 6.45) is 2.38. The molecule has 10 heavy (non-hydrogen) atoms. The summed E-state index contributed by atoms with van der Waals surface area (Å²) in [5.41, 5.74) is 11.1. The number of hydrogen-bond acceptors (Lipinski definition) is 3. The van der Waals surface area contributed by atoms with Crippen LogP contribution in [0.5, 0.6) is 0 Å². The Labute approximate surface area is 62.2 Å². The lowest BCUT2D eigenvalue weighted by molar-refractivity contribution is 0.311. The third-order valence-corrected chi connectivity index (χ3v) is 2.22. The first kappa shape index (κ1) is 7.98. The molecule has 2 unspecified atom stereocenters. The van der Waals surface area contributed by atoms with Crippen LogP contribution in [0.1, 0.15) is 12.8 Å². The van der Waals surface area contributed by atoms with Crippen LogP contribution in [0.25, 0.3) is 0 Å². The van der Waals surface area contributed by atoms with Gasteiger partial charge >= 0.3 is 0 Å². The van der Waals surface area contributed by atoms with Crippen LogP contribution in [0.3, 0.4) is 0 Å². The molecule has 0 aromatic rings. The third-order valence-electron chi connectivity index (χ3n) is 2.22. The highest BCUT2D eigenvalue weighted by atomic mass is 14.9. The van der Waals surface area contributed by atoms with Crippen LogP contribution >= 0.6 is 0 Å². The molecule has 1 heterocycles. The van der Waals surface area contributed by atoms with Crippen LogP contribution < -0.4 is 16.8 Å². The normalized spacial score (nSPS) is 34.2. The van der Waals surface area contributed by atoms with E-state index in [0.717, 1.165) is 26.1 Å². The van der Waals surface area contributed by atoms with Gasteiger partial charge in [-0.05, 0) is 31.8 Å². The smallest absolute Gasteiger partial charge is 0.0193 e. The molecule has 3 nitrogen and oxygen atoms in total. The van der Waals surface area contributed by atoms with Gasteiger partial charge in [-0.3, -0.25) is 0 Å². The lowest BCUT2D eigenvalue weighted by Crippen LogP contribution is -2.44. The molecule has 1 aliphatic heterocycles. The molecule has 0 bridgehead atoms. The van der Waals surface area contributed by atoms with Gasteiger partial charge in [-0.1, -0.05) is 0 Å². The molecule has 2 atom stereocenters. The van der Waals surface area contributed by atoms with Crippen LogP contribution in [-0.2, 0) is 0 Å². The zero-order chi connectivity index (χ0) is 7.40. The Balaban J connectivity index is 2.25. The summed E-state index contributed by atoms with van der Waals surface area (Å²) >= 11 is 0. The quantitative estimate of drug-likeness (QED) is 0.477. The molecular weight excluding hydrogens is 126 g/mol. The van der Waals surface area contributed by atoms with Crippen LogP contribution in [0.2, 0.25) is 0 Å².